The molecule has 3 heterocycles. The van der Waals surface area contributed by atoms with Crippen molar-refractivity contribution in [1.82, 2.24) is 30.1 Å². The number of imidazole rings is 1. The predicted molar refractivity (Wildman–Crippen MR) is 107 cm³/mol. The molecule has 1 saturated heterocycles. The summed E-state index contributed by atoms with van der Waals surface area (Å²) in [5.74, 6) is 1.47. The lowest BCUT2D eigenvalue weighted by molar-refractivity contribution is -0.124. The van der Waals surface area contributed by atoms with Gasteiger partial charge in [0.1, 0.15) is 18.2 Å². The summed E-state index contributed by atoms with van der Waals surface area (Å²) in [5.41, 5.74) is 1.86. The molecule has 3 aromatic rings. The average Bonchev–Trinajstić information content (AvgIpc) is 3.19. The Morgan fingerprint density at radius 2 is 2.03 bits per heavy atom. The number of benzene rings is 1. The van der Waals surface area contributed by atoms with Crippen molar-refractivity contribution in [2.45, 2.75) is 19.5 Å². The summed E-state index contributed by atoms with van der Waals surface area (Å²) in [7, 11) is 0. The van der Waals surface area contributed by atoms with E-state index in [9.17, 15) is 9.59 Å². The van der Waals surface area contributed by atoms with E-state index in [1.807, 2.05) is 60.2 Å². The van der Waals surface area contributed by atoms with Crippen LogP contribution < -0.4 is 10.6 Å². The number of pyridine rings is 1. The summed E-state index contributed by atoms with van der Waals surface area (Å²) < 4.78 is 1.89. The van der Waals surface area contributed by atoms with Crippen LogP contribution >= 0.6 is 0 Å². The molecule has 0 saturated carbocycles. The van der Waals surface area contributed by atoms with Crippen molar-refractivity contribution in [3.63, 3.8) is 0 Å². The first-order valence-corrected chi connectivity index (χ1v) is 9.43. The molecule has 2 N–H and O–H groups in total. The van der Waals surface area contributed by atoms with Gasteiger partial charge in [0.05, 0.1) is 6.04 Å². The molecule has 1 fully saturated rings. The second-order valence-corrected chi connectivity index (χ2v) is 6.89. The van der Waals surface area contributed by atoms with Crippen molar-refractivity contribution < 1.29 is 9.59 Å². The van der Waals surface area contributed by atoms with Crippen molar-refractivity contribution in [2.75, 3.05) is 13.1 Å². The lowest BCUT2D eigenvalue weighted by Gasteiger charge is -2.35. The standard InChI is InChI=1S/C21H22N6O2/c1-15-22-9-10-26(15)19-8-7-16(11-23-19)12-25-21(29)27-14-20(28)24-13-18(27)17-5-3-2-4-6-17/h2-11,18H,12-14H2,1H3,(H,24,28)(H,25,29). The number of amides is 3. The number of carbonyl (C=O) groups excluding carboxylic acids is 2. The van der Waals surface area contributed by atoms with E-state index in [0.717, 1.165) is 22.8 Å². The second kappa shape index (κ2) is 8.14. The molecule has 1 aliphatic rings. The van der Waals surface area contributed by atoms with Crippen LogP contribution in [-0.2, 0) is 11.3 Å². The van der Waals surface area contributed by atoms with E-state index in [1.54, 1.807) is 17.3 Å². The number of rotatable bonds is 4. The SMILES string of the molecule is Cc1nccn1-c1ccc(CNC(=O)N2CC(=O)NCC2c2ccccc2)cn1. The fourth-order valence-electron chi connectivity index (χ4n) is 3.39. The van der Waals surface area contributed by atoms with Gasteiger partial charge in [0.2, 0.25) is 5.91 Å². The predicted octanol–water partition coefficient (Wildman–Crippen LogP) is 1.96. The minimum absolute atomic E-state index is 0.0302. The van der Waals surface area contributed by atoms with Crippen LogP contribution in [0, 0.1) is 6.92 Å². The van der Waals surface area contributed by atoms with Crippen LogP contribution in [0.15, 0.2) is 61.1 Å². The maximum atomic E-state index is 12.8. The maximum absolute atomic E-state index is 12.8. The highest BCUT2D eigenvalue weighted by atomic mass is 16.2. The molecule has 8 nitrogen and oxygen atoms in total. The molecular weight excluding hydrogens is 368 g/mol. The molecule has 0 radical (unpaired) electrons. The molecule has 29 heavy (non-hydrogen) atoms. The molecule has 3 amide bonds. The molecule has 1 aromatic carbocycles. The van der Waals surface area contributed by atoms with Crippen molar-refractivity contribution in [3.05, 3.63) is 78.0 Å². The van der Waals surface area contributed by atoms with Gasteiger partial charge in [0.15, 0.2) is 0 Å². The van der Waals surface area contributed by atoms with Gasteiger partial charge in [-0.15, -0.1) is 0 Å². The summed E-state index contributed by atoms with van der Waals surface area (Å²) in [6, 6.07) is 13.0. The van der Waals surface area contributed by atoms with Crippen LogP contribution in [-0.4, -0.2) is 44.5 Å². The lowest BCUT2D eigenvalue weighted by Crippen LogP contribution is -2.54. The summed E-state index contributed by atoms with van der Waals surface area (Å²) in [6.45, 7) is 2.67. The van der Waals surface area contributed by atoms with E-state index in [-0.39, 0.29) is 24.5 Å². The van der Waals surface area contributed by atoms with E-state index in [0.29, 0.717) is 13.1 Å². The van der Waals surface area contributed by atoms with Gasteiger partial charge in [0.25, 0.3) is 0 Å². The Morgan fingerprint density at radius 3 is 2.72 bits per heavy atom. The zero-order chi connectivity index (χ0) is 20.2. The molecule has 0 aliphatic carbocycles. The van der Waals surface area contributed by atoms with Gasteiger partial charge < -0.3 is 15.5 Å². The highest BCUT2D eigenvalue weighted by Crippen LogP contribution is 2.22. The van der Waals surface area contributed by atoms with Gasteiger partial charge in [-0.3, -0.25) is 9.36 Å². The number of hydrogen-bond donors (Lipinski definition) is 2. The monoisotopic (exact) mass is 390 g/mol. The third-order valence-corrected chi connectivity index (χ3v) is 4.95. The third-order valence-electron chi connectivity index (χ3n) is 4.95. The Bertz CT molecular complexity index is 1000. The van der Waals surface area contributed by atoms with Crippen molar-refractivity contribution in [2.24, 2.45) is 0 Å². The molecule has 1 unspecified atom stereocenters. The quantitative estimate of drug-likeness (QED) is 0.712. The van der Waals surface area contributed by atoms with E-state index in [1.165, 1.54) is 0 Å². The number of nitrogens with one attached hydrogen (secondary N) is 2. The van der Waals surface area contributed by atoms with Crippen LogP contribution in [0.3, 0.4) is 0 Å². The Balaban J connectivity index is 1.42. The first-order chi connectivity index (χ1) is 14.1. The summed E-state index contributed by atoms with van der Waals surface area (Å²) >= 11 is 0. The molecule has 1 aliphatic heterocycles. The number of piperazine rings is 1. The summed E-state index contributed by atoms with van der Waals surface area (Å²) in [4.78, 5) is 34.9. The van der Waals surface area contributed by atoms with Crippen LogP contribution in [0.5, 0.6) is 0 Å². The average molecular weight is 390 g/mol. The fourth-order valence-corrected chi connectivity index (χ4v) is 3.39. The van der Waals surface area contributed by atoms with Gasteiger partial charge in [-0.2, -0.15) is 0 Å². The maximum Gasteiger partial charge on any atom is 0.318 e. The number of aryl methyl sites for hydroxylation is 1. The minimum atomic E-state index is -0.275. The number of aromatic nitrogens is 3. The Labute approximate surface area is 168 Å². The molecule has 4 rings (SSSR count). The molecule has 0 spiro atoms. The summed E-state index contributed by atoms with van der Waals surface area (Å²) in [6.07, 6.45) is 5.31. The zero-order valence-electron chi connectivity index (χ0n) is 16.1. The molecule has 2 aromatic heterocycles. The molecule has 1 atom stereocenters. The van der Waals surface area contributed by atoms with E-state index >= 15 is 0 Å². The summed E-state index contributed by atoms with van der Waals surface area (Å²) in [5, 5.41) is 5.74. The smallest absolute Gasteiger partial charge is 0.318 e. The van der Waals surface area contributed by atoms with E-state index in [2.05, 4.69) is 20.6 Å². The number of carbonyl (C=O) groups is 2. The van der Waals surface area contributed by atoms with Crippen LogP contribution in [0.4, 0.5) is 4.79 Å². The molecular formula is C21H22N6O2. The normalized spacial score (nSPS) is 16.4. The van der Waals surface area contributed by atoms with E-state index in [4.69, 9.17) is 0 Å². The van der Waals surface area contributed by atoms with Crippen LogP contribution in [0.1, 0.15) is 23.0 Å². The molecule has 0 bridgehead atoms. The number of hydrogen-bond acceptors (Lipinski definition) is 4. The van der Waals surface area contributed by atoms with Crippen molar-refractivity contribution in [1.29, 1.82) is 0 Å². The van der Waals surface area contributed by atoms with Gasteiger partial charge in [-0.05, 0) is 24.1 Å². The highest BCUT2D eigenvalue weighted by Gasteiger charge is 2.31. The third kappa shape index (κ3) is 4.11. The number of nitrogens with zero attached hydrogens (tertiary/aromatic N) is 4. The van der Waals surface area contributed by atoms with Gasteiger partial charge in [-0.1, -0.05) is 36.4 Å². The van der Waals surface area contributed by atoms with Crippen LogP contribution in [0.2, 0.25) is 0 Å². The Hall–Kier alpha value is -3.68. The minimum Gasteiger partial charge on any atom is -0.352 e. The first-order valence-electron chi connectivity index (χ1n) is 9.43. The van der Waals surface area contributed by atoms with Crippen molar-refractivity contribution >= 4 is 11.9 Å². The van der Waals surface area contributed by atoms with Gasteiger partial charge >= 0.3 is 6.03 Å². The largest absolute Gasteiger partial charge is 0.352 e. The lowest BCUT2D eigenvalue weighted by atomic mass is 10.0. The topological polar surface area (TPSA) is 92.2 Å². The number of urea groups is 1. The highest BCUT2D eigenvalue weighted by molar-refractivity contribution is 5.85. The Morgan fingerprint density at radius 1 is 1.21 bits per heavy atom. The zero-order valence-corrected chi connectivity index (χ0v) is 16.1. The Kier molecular flexibility index (Phi) is 5.24. The first kappa shape index (κ1) is 18.7. The molecule has 148 valence electrons. The van der Waals surface area contributed by atoms with E-state index < -0.39 is 0 Å². The second-order valence-electron chi connectivity index (χ2n) is 6.89. The molecule has 8 heteroatoms. The van der Waals surface area contributed by atoms with Gasteiger partial charge in [0, 0.05) is 31.7 Å². The van der Waals surface area contributed by atoms with Gasteiger partial charge in [-0.25, -0.2) is 14.8 Å². The van der Waals surface area contributed by atoms with Crippen LogP contribution in [0.25, 0.3) is 5.82 Å². The van der Waals surface area contributed by atoms with Crippen molar-refractivity contribution in [3.8, 4) is 5.82 Å². The fraction of sp³-hybridized carbons (Fsp3) is 0.238.